The Morgan fingerprint density at radius 1 is 1.00 bits per heavy atom. The molecule has 1 aliphatic rings. The third-order valence-electron chi connectivity index (χ3n) is 5.71. The summed E-state index contributed by atoms with van der Waals surface area (Å²) in [5.41, 5.74) is 0.508. The van der Waals surface area contributed by atoms with Crippen molar-refractivity contribution in [1.82, 2.24) is 0 Å². The van der Waals surface area contributed by atoms with Crippen molar-refractivity contribution in [2.75, 3.05) is 6.61 Å². The normalized spacial score (nSPS) is 15.4. The Morgan fingerprint density at radius 3 is 2.43 bits per heavy atom. The minimum Gasteiger partial charge on any atom is -0.492 e. The Labute approximate surface area is 172 Å². The summed E-state index contributed by atoms with van der Waals surface area (Å²) in [6.07, 6.45) is 3.15. The SMILES string of the molecule is O=c1c(Cc2ccc(C(F)(F)F)cc2)coc2cccc(OCC3CCCCC3)c12. The molecule has 3 nitrogen and oxygen atoms in total. The standard InChI is InChI=1S/C24H23F3O3/c25-24(26,27)19-11-9-16(10-12-19)13-18-15-30-21-8-4-7-20(22(21)23(18)28)29-14-17-5-2-1-3-6-17/h4,7-12,15,17H,1-3,5-6,13-14H2. The van der Waals surface area contributed by atoms with Crippen molar-refractivity contribution in [3.63, 3.8) is 0 Å². The van der Waals surface area contributed by atoms with Crippen LogP contribution in [0.4, 0.5) is 13.2 Å². The van der Waals surface area contributed by atoms with E-state index in [4.69, 9.17) is 9.15 Å². The first-order chi connectivity index (χ1) is 14.4. The molecule has 0 aliphatic heterocycles. The van der Waals surface area contributed by atoms with Crippen LogP contribution >= 0.6 is 0 Å². The van der Waals surface area contributed by atoms with E-state index in [0.29, 0.717) is 40.4 Å². The second-order valence-corrected chi connectivity index (χ2v) is 7.91. The fourth-order valence-electron chi connectivity index (χ4n) is 4.02. The molecule has 0 spiro atoms. The molecular weight excluding hydrogens is 393 g/mol. The zero-order valence-electron chi connectivity index (χ0n) is 16.5. The topological polar surface area (TPSA) is 39.4 Å². The number of alkyl halides is 3. The van der Waals surface area contributed by atoms with E-state index in [1.165, 1.54) is 37.7 Å². The molecule has 6 heteroatoms. The first-order valence-electron chi connectivity index (χ1n) is 10.2. The molecular formula is C24H23F3O3. The van der Waals surface area contributed by atoms with Gasteiger partial charge in [-0.1, -0.05) is 37.5 Å². The molecule has 0 radical (unpaired) electrons. The summed E-state index contributed by atoms with van der Waals surface area (Å²) in [5.74, 6) is 0.998. The highest BCUT2D eigenvalue weighted by atomic mass is 19.4. The lowest BCUT2D eigenvalue weighted by Gasteiger charge is -2.22. The maximum absolute atomic E-state index is 13.1. The number of rotatable bonds is 5. The Balaban J connectivity index is 1.58. The Kier molecular flexibility index (Phi) is 5.84. The van der Waals surface area contributed by atoms with Crippen molar-refractivity contribution >= 4 is 11.0 Å². The largest absolute Gasteiger partial charge is 0.492 e. The molecule has 0 amide bonds. The van der Waals surface area contributed by atoms with E-state index in [1.54, 1.807) is 18.2 Å². The van der Waals surface area contributed by atoms with Gasteiger partial charge in [0.1, 0.15) is 16.7 Å². The van der Waals surface area contributed by atoms with E-state index in [-0.39, 0.29) is 11.8 Å². The summed E-state index contributed by atoms with van der Waals surface area (Å²) in [6.45, 7) is 0.571. The van der Waals surface area contributed by atoms with Gasteiger partial charge in [-0.2, -0.15) is 13.2 Å². The highest BCUT2D eigenvalue weighted by Gasteiger charge is 2.30. The molecule has 30 heavy (non-hydrogen) atoms. The van der Waals surface area contributed by atoms with Gasteiger partial charge < -0.3 is 9.15 Å². The minimum absolute atomic E-state index is 0.188. The molecule has 4 rings (SSSR count). The average molecular weight is 416 g/mol. The van der Waals surface area contributed by atoms with Gasteiger partial charge in [0, 0.05) is 12.0 Å². The highest BCUT2D eigenvalue weighted by Crippen LogP contribution is 2.30. The molecule has 1 saturated carbocycles. The van der Waals surface area contributed by atoms with Crippen LogP contribution in [-0.2, 0) is 12.6 Å². The number of fused-ring (bicyclic) bond motifs is 1. The first-order valence-corrected chi connectivity index (χ1v) is 10.2. The summed E-state index contributed by atoms with van der Waals surface area (Å²) in [4.78, 5) is 13.1. The molecule has 158 valence electrons. The predicted molar refractivity (Wildman–Crippen MR) is 109 cm³/mol. The fraction of sp³-hybridized carbons (Fsp3) is 0.375. The summed E-state index contributed by atoms with van der Waals surface area (Å²) in [6, 6.07) is 10.1. The Bertz CT molecular complexity index is 1060. The maximum Gasteiger partial charge on any atom is 0.416 e. The van der Waals surface area contributed by atoms with Crippen molar-refractivity contribution in [3.05, 3.63) is 75.6 Å². The molecule has 2 aromatic carbocycles. The smallest absolute Gasteiger partial charge is 0.416 e. The molecule has 0 saturated heterocycles. The number of halogens is 3. The van der Waals surface area contributed by atoms with Gasteiger partial charge in [-0.05, 0) is 48.6 Å². The summed E-state index contributed by atoms with van der Waals surface area (Å²) in [5, 5.41) is 0.387. The lowest BCUT2D eigenvalue weighted by Crippen LogP contribution is -2.17. The van der Waals surface area contributed by atoms with Crippen LogP contribution in [0, 0.1) is 5.92 Å². The zero-order chi connectivity index (χ0) is 21.1. The van der Waals surface area contributed by atoms with Gasteiger partial charge in [-0.15, -0.1) is 0 Å². The summed E-state index contributed by atoms with van der Waals surface area (Å²) >= 11 is 0. The van der Waals surface area contributed by atoms with E-state index < -0.39 is 11.7 Å². The lowest BCUT2D eigenvalue weighted by molar-refractivity contribution is -0.137. The van der Waals surface area contributed by atoms with Crippen LogP contribution in [0.5, 0.6) is 5.75 Å². The Morgan fingerprint density at radius 2 is 1.73 bits per heavy atom. The number of benzene rings is 2. The first kappa shape index (κ1) is 20.5. The van der Waals surface area contributed by atoms with Crippen molar-refractivity contribution in [1.29, 1.82) is 0 Å². The van der Waals surface area contributed by atoms with E-state index in [2.05, 4.69) is 0 Å². The van der Waals surface area contributed by atoms with Crippen molar-refractivity contribution in [2.24, 2.45) is 5.92 Å². The maximum atomic E-state index is 13.1. The van der Waals surface area contributed by atoms with Crippen molar-refractivity contribution in [3.8, 4) is 5.75 Å². The second kappa shape index (κ2) is 8.54. The second-order valence-electron chi connectivity index (χ2n) is 7.91. The van der Waals surface area contributed by atoms with E-state index >= 15 is 0 Å². The molecule has 1 aromatic heterocycles. The van der Waals surface area contributed by atoms with E-state index in [0.717, 1.165) is 25.0 Å². The monoisotopic (exact) mass is 416 g/mol. The van der Waals surface area contributed by atoms with Crippen LogP contribution in [0.3, 0.4) is 0 Å². The number of ether oxygens (including phenoxy) is 1. The van der Waals surface area contributed by atoms with Crippen LogP contribution in [0.25, 0.3) is 11.0 Å². The van der Waals surface area contributed by atoms with Crippen LogP contribution in [0.15, 0.2) is 57.9 Å². The molecule has 1 fully saturated rings. The summed E-state index contributed by atoms with van der Waals surface area (Å²) in [7, 11) is 0. The molecule has 1 aliphatic carbocycles. The van der Waals surface area contributed by atoms with Gasteiger partial charge >= 0.3 is 6.18 Å². The van der Waals surface area contributed by atoms with Crippen LogP contribution in [-0.4, -0.2) is 6.61 Å². The van der Waals surface area contributed by atoms with Crippen molar-refractivity contribution < 1.29 is 22.3 Å². The number of hydrogen-bond donors (Lipinski definition) is 0. The predicted octanol–water partition coefficient (Wildman–Crippen LogP) is 6.36. The van der Waals surface area contributed by atoms with Gasteiger partial charge in [0.15, 0.2) is 5.43 Å². The Hall–Kier alpha value is -2.76. The van der Waals surface area contributed by atoms with Gasteiger partial charge in [0.2, 0.25) is 0 Å². The van der Waals surface area contributed by atoms with Gasteiger partial charge in [0.05, 0.1) is 18.4 Å². The van der Waals surface area contributed by atoms with Gasteiger partial charge in [-0.3, -0.25) is 4.79 Å². The zero-order valence-corrected chi connectivity index (χ0v) is 16.5. The highest BCUT2D eigenvalue weighted by molar-refractivity contribution is 5.83. The van der Waals surface area contributed by atoms with E-state index in [1.807, 2.05) is 0 Å². The molecule has 0 bridgehead atoms. The van der Waals surface area contributed by atoms with Crippen LogP contribution < -0.4 is 10.2 Å². The molecule has 0 N–H and O–H groups in total. The van der Waals surface area contributed by atoms with Crippen LogP contribution in [0.1, 0.15) is 48.8 Å². The van der Waals surface area contributed by atoms with Crippen molar-refractivity contribution in [2.45, 2.75) is 44.7 Å². The third kappa shape index (κ3) is 4.53. The molecule has 0 unspecified atom stereocenters. The van der Waals surface area contributed by atoms with Crippen LogP contribution in [0.2, 0.25) is 0 Å². The molecule has 0 atom stereocenters. The fourth-order valence-corrected chi connectivity index (χ4v) is 4.02. The third-order valence-corrected chi connectivity index (χ3v) is 5.71. The lowest BCUT2D eigenvalue weighted by atomic mass is 9.90. The molecule has 1 heterocycles. The van der Waals surface area contributed by atoms with Gasteiger partial charge in [0.25, 0.3) is 0 Å². The average Bonchev–Trinajstić information content (AvgIpc) is 2.74. The quantitative estimate of drug-likeness (QED) is 0.486. The summed E-state index contributed by atoms with van der Waals surface area (Å²) < 4.78 is 49.9. The number of hydrogen-bond acceptors (Lipinski definition) is 3. The molecule has 3 aromatic rings. The minimum atomic E-state index is -4.38. The van der Waals surface area contributed by atoms with E-state index in [9.17, 15) is 18.0 Å². The van der Waals surface area contributed by atoms with Gasteiger partial charge in [-0.25, -0.2) is 0 Å².